The van der Waals surface area contributed by atoms with Gasteiger partial charge in [-0.2, -0.15) is 0 Å². The molecule has 0 amide bonds. The van der Waals surface area contributed by atoms with Gasteiger partial charge >= 0.3 is 0 Å². The molecule has 2 aromatic rings. The number of aryl methyl sites for hydroxylation is 2. The van der Waals surface area contributed by atoms with Crippen molar-refractivity contribution in [3.8, 4) is 0 Å². The lowest BCUT2D eigenvalue weighted by molar-refractivity contribution is 0.103. The van der Waals surface area contributed by atoms with Crippen molar-refractivity contribution in [1.29, 1.82) is 0 Å². The molecule has 0 N–H and O–H groups in total. The third kappa shape index (κ3) is 1.85. The molecule has 0 aromatic carbocycles. The van der Waals surface area contributed by atoms with Crippen molar-refractivity contribution in [2.45, 2.75) is 13.3 Å². The molecule has 0 aliphatic heterocycles. The zero-order chi connectivity index (χ0) is 10.8. The molecule has 0 saturated carbocycles. The van der Waals surface area contributed by atoms with Crippen molar-refractivity contribution in [3.05, 3.63) is 40.1 Å². The molecule has 0 fully saturated rings. The van der Waals surface area contributed by atoms with Crippen LogP contribution in [0.4, 0.5) is 0 Å². The van der Waals surface area contributed by atoms with E-state index >= 15 is 0 Å². The normalized spacial score (nSPS) is 10.5. The zero-order valence-corrected chi connectivity index (χ0v) is 9.54. The van der Waals surface area contributed by atoms with Crippen LogP contribution in [-0.2, 0) is 13.5 Å². The highest BCUT2D eigenvalue weighted by atomic mass is 32.1. The Morgan fingerprint density at radius 1 is 1.60 bits per heavy atom. The van der Waals surface area contributed by atoms with Gasteiger partial charge < -0.3 is 4.57 Å². The van der Waals surface area contributed by atoms with Gasteiger partial charge in [-0.25, -0.2) is 4.98 Å². The standard InChI is InChI=1S/C11H12N2OS/c1-3-8-4-5-15-11(8)10(14)9-6-13(2)7-12-9/h4-7H,3H2,1-2H3. The Morgan fingerprint density at radius 3 is 3.00 bits per heavy atom. The quantitative estimate of drug-likeness (QED) is 0.744. The number of carbonyl (C=O) groups excluding carboxylic acids is 1. The molecule has 0 saturated heterocycles. The summed E-state index contributed by atoms with van der Waals surface area (Å²) in [6.07, 6.45) is 4.28. The van der Waals surface area contributed by atoms with Gasteiger partial charge in [0.1, 0.15) is 5.69 Å². The molecule has 2 aromatic heterocycles. The fraction of sp³-hybridized carbons (Fsp3) is 0.273. The van der Waals surface area contributed by atoms with E-state index in [1.54, 1.807) is 17.1 Å². The summed E-state index contributed by atoms with van der Waals surface area (Å²) >= 11 is 1.49. The lowest BCUT2D eigenvalue weighted by Gasteiger charge is -1.96. The zero-order valence-electron chi connectivity index (χ0n) is 8.73. The summed E-state index contributed by atoms with van der Waals surface area (Å²) in [5.74, 6) is 0.0300. The monoisotopic (exact) mass is 220 g/mol. The highest BCUT2D eigenvalue weighted by Crippen LogP contribution is 2.20. The second-order valence-corrected chi connectivity index (χ2v) is 4.30. The second kappa shape index (κ2) is 3.98. The summed E-state index contributed by atoms with van der Waals surface area (Å²) < 4.78 is 1.78. The summed E-state index contributed by atoms with van der Waals surface area (Å²) in [4.78, 5) is 16.9. The maximum absolute atomic E-state index is 12.0. The lowest BCUT2D eigenvalue weighted by atomic mass is 10.1. The van der Waals surface area contributed by atoms with Crippen molar-refractivity contribution in [3.63, 3.8) is 0 Å². The van der Waals surface area contributed by atoms with Gasteiger partial charge in [0.05, 0.1) is 11.2 Å². The number of aromatic nitrogens is 2. The average Bonchev–Trinajstić information content (AvgIpc) is 2.84. The van der Waals surface area contributed by atoms with Gasteiger partial charge in [-0.3, -0.25) is 4.79 Å². The molecule has 78 valence electrons. The van der Waals surface area contributed by atoms with E-state index in [0.717, 1.165) is 16.9 Å². The lowest BCUT2D eigenvalue weighted by Crippen LogP contribution is -2.01. The van der Waals surface area contributed by atoms with Crippen LogP contribution in [0.3, 0.4) is 0 Å². The highest BCUT2D eigenvalue weighted by molar-refractivity contribution is 7.12. The Morgan fingerprint density at radius 2 is 2.40 bits per heavy atom. The molecular formula is C11H12N2OS. The SMILES string of the molecule is CCc1ccsc1C(=O)c1cn(C)cn1. The molecule has 3 nitrogen and oxygen atoms in total. The van der Waals surface area contributed by atoms with E-state index in [0.29, 0.717) is 5.69 Å². The summed E-state index contributed by atoms with van der Waals surface area (Å²) in [6, 6.07) is 2.00. The van der Waals surface area contributed by atoms with E-state index in [2.05, 4.69) is 11.9 Å². The number of imidazole rings is 1. The minimum absolute atomic E-state index is 0.0300. The van der Waals surface area contributed by atoms with E-state index in [9.17, 15) is 4.79 Å². The molecule has 15 heavy (non-hydrogen) atoms. The van der Waals surface area contributed by atoms with E-state index in [4.69, 9.17) is 0 Å². The Hall–Kier alpha value is -1.42. The van der Waals surface area contributed by atoms with Gasteiger partial charge in [-0.15, -0.1) is 11.3 Å². The van der Waals surface area contributed by atoms with Gasteiger partial charge in [-0.1, -0.05) is 6.92 Å². The Bertz CT molecular complexity index is 484. The first-order valence-corrected chi connectivity index (χ1v) is 5.69. The van der Waals surface area contributed by atoms with Crippen LogP contribution in [-0.4, -0.2) is 15.3 Å². The van der Waals surface area contributed by atoms with Crippen LogP contribution in [0.5, 0.6) is 0 Å². The van der Waals surface area contributed by atoms with Crippen LogP contribution >= 0.6 is 11.3 Å². The maximum atomic E-state index is 12.0. The van der Waals surface area contributed by atoms with Crippen LogP contribution in [0.1, 0.15) is 27.9 Å². The molecule has 0 unspecified atom stereocenters. The van der Waals surface area contributed by atoms with Crippen LogP contribution < -0.4 is 0 Å². The van der Waals surface area contributed by atoms with Crippen molar-refractivity contribution >= 4 is 17.1 Å². The predicted octanol–water partition coefficient (Wildman–Crippen LogP) is 2.28. The molecule has 2 heterocycles. The van der Waals surface area contributed by atoms with Crippen molar-refractivity contribution in [2.24, 2.45) is 7.05 Å². The van der Waals surface area contributed by atoms with Gasteiger partial charge in [-0.05, 0) is 23.4 Å². The van der Waals surface area contributed by atoms with Gasteiger partial charge in [0.25, 0.3) is 0 Å². The minimum Gasteiger partial charge on any atom is -0.340 e. The fourth-order valence-corrected chi connectivity index (χ4v) is 2.40. The molecule has 0 aliphatic rings. The Balaban J connectivity index is 2.36. The van der Waals surface area contributed by atoms with Crippen LogP contribution in [0.2, 0.25) is 0 Å². The summed E-state index contributed by atoms with van der Waals surface area (Å²) in [5, 5.41) is 1.95. The fourth-order valence-electron chi connectivity index (χ4n) is 1.46. The molecular weight excluding hydrogens is 208 g/mol. The molecule has 0 aliphatic carbocycles. The number of nitrogens with zero attached hydrogens (tertiary/aromatic N) is 2. The largest absolute Gasteiger partial charge is 0.340 e. The molecule has 0 atom stereocenters. The van der Waals surface area contributed by atoms with Gasteiger partial charge in [0.15, 0.2) is 0 Å². The number of hydrogen-bond acceptors (Lipinski definition) is 3. The summed E-state index contributed by atoms with van der Waals surface area (Å²) in [6.45, 7) is 2.05. The molecule has 0 radical (unpaired) electrons. The maximum Gasteiger partial charge on any atom is 0.223 e. The summed E-state index contributed by atoms with van der Waals surface area (Å²) in [7, 11) is 1.86. The number of carbonyl (C=O) groups is 1. The van der Waals surface area contributed by atoms with Crippen molar-refractivity contribution < 1.29 is 4.79 Å². The number of hydrogen-bond donors (Lipinski definition) is 0. The number of rotatable bonds is 3. The first-order valence-electron chi connectivity index (χ1n) is 4.81. The second-order valence-electron chi connectivity index (χ2n) is 3.38. The molecule has 0 spiro atoms. The first kappa shape index (κ1) is 10.1. The van der Waals surface area contributed by atoms with E-state index in [-0.39, 0.29) is 5.78 Å². The van der Waals surface area contributed by atoms with E-state index < -0.39 is 0 Å². The van der Waals surface area contributed by atoms with Gasteiger partial charge in [0, 0.05) is 13.2 Å². The minimum atomic E-state index is 0.0300. The molecule has 2 rings (SSSR count). The Kier molecular flexibility index (Phi) is 2.68. The average molecular weight is 220 g/mol. The van der Waals surface area contributed by atoms with Crippen LogP contribution in [0.15, 0.2) is 24.0 Å². The van der Waals surface area contributed by atoms with E-state index in [1.807, 2.05) is 18.5 Å². The molecule has 0 bridgehead atoms. The van der Waals surface area contributed by atoms with Crippen molar-refractivity contribution in [2.75, 3.05) is 0 Å². The summed E-state index contributed by atoms with van der Waals surface area (Å²) in [5.41, 5.74) is 1.63. The first-order chi connectivity index (χ1) is 7.22. The third-order valence-electron chi connectivity index (χ3n) is 2.27. The topological polar surface area (TPSA) is 34.9 Å². The van der Waals surface area contributed by atoms with E-state index in [1.165, 1.54) is 11.3 Å². The third-order valence-corrected chi connectivity index (χ3v) is 3.23. The number of ketones is 1. The van der Waals surface area contributed by atoms with Crippen LogP contribution in [0.25, 0.3) is 0 Å². The van der Waals surface area contributed by atoms with Crippen molar-refractivity contribution in [1.82, 2.24) is 9.55 Å². The highest BCUT2D eigenvalue weighted by Gasteiger charge is 2.16. The predicted molar refractivity (Wildman–Crippen MR) is 60.3 cm³/mol. The smallest absolute Gasteiger partial charge is 0.223 e. The Labute approximate surface area is 92.4 Å². The van der Waals surface area contributed by atoms with Crippen LogP contribution in [0, 0.1) is 0 Å². The van der Waals surface area contributed by atoms with Gasteiger partial charge in [0.2, 0.25) is 5.78 Å². The number of thiophene rings is 1. The molecule has 4 heteroatoms.